The highest BCUT2D eigenvalue weighted by molar-refractivity contribution is 6.42. The molecule has 3 rings (SSSR count). The van der Waals surface area contributed by atoms with Gasteiger partial charge in [-0.3, -0.25) is 0 Å². The summed E-state index contributed by atoms with van der Waals surface area (Å²) in [6.45, 7) is 0. The van der Waals surface area contributed by atoms with E-state index in [0.717, 1.165) is 5.69 Å². The molecule has 2 aromatic rings. The van der Waals surface area contributed by atoms with Gasteiger partial charge in [0.05, 0.1) is 16.1 Å². The van der Waals surface area contributed by atoms with Gasteiger partial charge in [0, 0.05) is 12.7 Å². The fourth-order valence-electron chi connectivity index (χ4n) is 3.01. The Kier molecular flexibility index (Phi) is 3.91. The Hall–Kier alpha value is -1.18. The summed E-state index contributed by atoms with van der Waals surface area (Å²) >= 11 is 12.1. The second-order valence-electron chi connectivity index (χ2n) is 5.32. The summed E-state index contributed by atoms with van der Waals surface area (Å²) in [6, 6.07) is 15.0. The Morgan fingerprint density at radius 2 is 1.85 bits per heavy atom. The van der Waals surface area contributed by atoms with Crippen molar-refractivity contribution in [2.45, 2.75) is 25.3 Å². The van der Waals surface area contributed by atoms with Gasteiger partial charge in [-0.25, -0.2) is 0 Å². The number of hydrogen-bond donors (Lipinski definition) is 0. The molecule has 0 saturated carbocycles. The number of halogens is 2. The first-order chi connectivity index (χ1) is 9.66. The minimum Gasteiger partial charge on any atom is -0.367 e. The molecule has 0 saturated heterocycles. The van der Waals surface area contributed by atoms with Crippen LogP contribution in [0.1, 0.15) is 30.0 Å². The molecule has 0 unspecified atom stereocenters. The second kappa shape index (κ2) is 5.67. The van der Waals surface area contributed by atoms with Crippen molar-refractivity contribution in [1.29, 1.82) is 0 Å². The average molecular weight is 306 g/mol. The van der Waals surface area contributed by atoms with E-state index in [1.807, 2.05) is 18.2 Å². The highest BCUT2D eigenvalue weighted by Crippen LogP contribution is 2.37. The molecule has 1 aliphatic rings. The Morgan fingerprint density at radius 3 is 2.65 bits per heavy atom. The first-order valence-corrected chi connectivity index (χ1v) is 7.68. The smallest absolute Gasteiger partial charge is 0.0612 e. The maximum Gasteiger partial charge on any atom is 0.0612 e. The van der Waals surface area contributed by atoms with Crippen molar-refractivity contribution in [1.82, 2.24) is 0 Å². The van der Waals surface area contributed by atoms with E-state index >= 15 is 0 Å². The van der Waals surface area contributed by atoms with Gasteiger partial charge >= 0.3 is 0 Å². The predicted molar refractivity (Wildman–Crippen MR) is 87.0 cm³/mol. The molecule has 0 bridgehead atoms. The topological polar surface area (TPSA) is 3.24 Å². The molecular formula is C17H17Cl2N. The molecule has 0 aliphatic heterocycles. The van der Waals surface area contributed by atoms with E-state index in [2.05, 4.69) is 36.2 Å². The van der Waals surface area contributed by atoms with Crippen LogP contribution >= 0.6 is 23.2 Å². The molecule has 20 heavy (non-hydrogen) atoms. The van der Waals surface area contributed by atoms with Crippen LogP contribution in [-0.4, -0.2) is 7.05 Å². The van der Waals surface area contributed by atoms with Gasteiger partial charge in [0.15, 0.2) is 0 Å². The van der Waals surface area contributed by atoms with Gasteiger partial charge in [-0.1, -0.05) is 47.5 Å². The minimum atomic E-state index is 0.414. The summed E-state index contributed by atoms with van der Waals surface area (Å²) < 4.78 is 0. The Labute approximate surface area is 130 Å². The van der Waals surface area contributed by atoms with Crippen LogP contribution in [0.15, 0.2) is 42.5 Å². The fourth-order valence-corrected chi connectivity index (χ4v) is 3.31. The third-order valence-corrected chi connectivity index (χ3v) is 4.85. The quantitative estimate of drug-likeness (QED) is 0.707. The zero-order chi connectivity index (χ0) is 14.1. The van der Waals surface area contributed by atoms with Crippen LogP contribution in [0.5, 0.6) is 0 Å². The molecule has 2 aromatic carbocycles. The number of fused-ring (bicyclic) bond motifs is 1. The highest BCUT2D eigenvalue weighted by atomic mass is 35.5. The molecule has 0 amide bonds. The number of rotatable bonds is 2. The number of aryl methyl sites for hydroxylation is 1. The summed E-state index contributed by atoms with van der Waals surface area (Å²) in [6.07, 6.45) is 3.59. The van der Waals surface area contributed by atoms with Gasteiger partial charge < -0.3 is 4.90 Å². The van der Waals surface area contributed by atoms with Crippen LogP contribution in [0.3, 0.4) is 0 Å². The lowest BCUT2D eigenvalue weighted by Gasteiger charge is -2.35. The Bertz CT molecular complexity index is 624. The van der Waals surface area contributed by atoms with E-state index in [9.17, 15) is 0 Å². The second-order valence-corrected chi connectivity index (χ2v) is 6.13. The van der Waals surface area contributed by atoms with Crippen molar-refractivity contribution in [2.24, 2.45) is 0 Å². The van der Waals surface area contributed by atoms with Gasteiger partial charge in [0.2, 0.25) is 0 Å². The van der Waals surface area contributed by atoms with E-state index in [-0.39, 0.29) is 0 Å². The van der Waals surface area contributed by atoms with Crippen molar-refractivity contribution in [2.75, 3.05) is 11.9 Å². The molecule has 0 aromatic heterocycles. The third-order valence-electron chi connectivity index (χ3n) is 4.12. The van der Waals surface area contributed by atoms with Crippen molar-refractivity contribution in [3.8, 4) is 0 Å². The summed E-state index contributed by atoms with van der Waals surface area (Å²) in [5.74, 6) is 0. The standard InChI is InChI=1S/C17H17Cl2N/c1-20(13-9-10-15(18)16(19)11-13)17-8-4-6-12-5-2-3-7-14(12)17/h2-3,5,7,9-11,17H,4,6,8H2,1H3/t17-/m0/s1. The molecule has 1 nitrogen and oxygen atoms in total. The molecule has 0 heterocycles. The van der Waals surface area contributed by atoms with Gasteiger partial charge in [-0.15, -0.1) is 0 Å². The first kappa shape index (κ1) is 13.8. The SMILES string of the molecule is CN(c1ccc(Cl)c(Cl)c1)[C@H]1CCCc2ccccc21. The lowest BCUT2D eigenvalue weighted by molar-refractivity contribution is 0.545. The van der Waals surface area contributed by atoms with Crippen LogP contribution in [-0.2, 0) is 6.42 Å². The molecular weight excluding hydrogens is 289 g/mol. The molecule has 1 aliphatic carbocycles. The summed E-state index contributed by atoms with van der Waals surface area (Å²) in [7, 11) is 2.13. The summed E-state index contributed by atoms with van der Waals surface area (Å²) in [5.41, 5.74) is 4.02. The molecule has 0 N–H and O–H groups in total. The van der Waals surface area contributed by atoms with E-state index in [1.165, 1.54) is 30.4 Å². The van der Waals surface area contributed by atoms with Crippen molar-refractivity contribution < 1.29 is 0 Å². The van der Waals surface area contributed by atoms with Gasteiger partial charge in [0.1, 0.15) is 0 Å². The van der Waals surface area contributed by atoms with E-state index < -0.39 is 0 Å². The molecule has 0 fully saturated rings. The lowest BCUT2D eigenvalue weighted by Crippen LogP contribution is -2.27. The lowest BCUT2D eigenvalue weighted by atomic mass is 9.87. The number of anilines is 1. The number of hydrogen-bond acceptors (Lipinski definition) is 1. The molecule has 104 valence electrons. The minimum absolute atomic E-state index is 0.414. The zero-order valence-electron chi connectivity index (χ0n) is 11.4. The average Bonchev–Trinajstić information content (AvgIpc) is 2.49. The largest absolute Gasteiger partial charge is 0.367 e. The number of benzene rings is 2. The Morgan fingerprint density at radius 1 is 1.05 bits per heavy atom. The summed E-state index contributed by atoms with van der Waals surface area (Å²) in [4.78, 5) is 2.31. The van der Waals surface area contributed by atoms with Crippen LogP contribution in [0.25, 0.3) is 0 Å². The Balaban J connectivity index is 1.95. The maximum absolute atomic E-state index is 6.14. The number of nitrogens with zero attached hydrogens (tertiary/aromatic N) is 1. The van der Waals surface area contributed by atoms with E-state index in [4.69, 9.17) is 23.2 Å². The molecule has 3 heteroatoms. The molecule has 1 atom stereocenters. The van der Waals surface area contributed by atoms with Gasteiger partial charge in [0.25, 0.3) is 0 Å². The van der Waals surface area contributed by atoms with Crippen molar-refractivity contribution >= 4 is 28.9 Å². The predicted octanol–water partition coefficient (Wildman–Crippen LogP) is 5.51. The third kappa shape index (κ3) is 2.53. The van der Waals surface area contributed by atoms with Crippen molar-refractivity contribution in [3.05, 3.63) is 63.6 Å². The van der Waals surface area contributed by atoms with Crippen LogP contribution < -0.4 is 4.90 Å². The highest BCUT2D eigenvalue weighted by Gasteiger charge is 2.23. The van der Waals surface area contributed by atoms with E-state index in [1.54, 1.807) is 0 Å². The monoisotopic (exact) mass is 305 g/mol. The van der Waals surface area contributed by atoms with Gasteiger partial charge in [-0.05, 0) is 48.6 Å². The normalized spacial score (nSPS) is 17.6. The summed E-state index contributed by atoms with van der Waals surface area (Å²) in [5, 5.41) is 1.22. The zero-order valence-corrected chi connectivity index (χ0v) is 13.0. The molecule has 0 radical (unpaired) electrons. The van der Waals surface area contributed by atoms with Crippen LogP contribution in [0.4, 0.5) is 5.69 Å². The first-order valence-electron chi connectivity index (χ1n) is 6.92. The van der Waals surface area contributed by atoms with Crippen LogP contribution in [0, 0.1) is 0 Å². The maximum atomic E-state index is 6.14. The van der Waals surface area contributed by atoms with Crippen molar-refractivity contribution in [3.63, 3.8) is 0 Å². The van der Waals surface area contributed by atoms with Gasteiger partial charge in [-0.2, -0.15) is 0 Å². The fraction of sp³-hybridized carbons (Fsp3) is 0.294. The van der Waals surface area contributed by atoms with E-state index in [0.29, 0.717) is 16.1 Å². The molecule has 0 spiro atoms. The van der Waals surface area contributed by atoms with Crippen LogP contribution in [0.2, 0.25) is 10.0 Å².